The summed E-state index contributed by atoms with van der Waals surface area (Å²) in [5.74, 6) is -0.171. The fourth-order valence-electron chi connectivity index (χ4n) is 3.45. The molecule has 152 valence electrons. The number of amides is 1. The number of furan rings is 1. The van der Waals surface area contributed by atoms with Crippen LogP contribution < -0.4 is 5.01 Å². The first kappa shape index (κ1) is 20.2. The van der Waals surface area contributed by atoms with E-state index >= 15 is 0 Å². The van der Waals surface area contributed by atoms with E-state index in [1.807, 2.05) is 32.0 Å². The second-order valence-corrected chi connectivity index (χ2v) is 8.58. The number of carboxylic acids is 1. The SMILES string of the molecule is Cc1c(C(=O)O)cccc1-c1ccc(C=C2SC(=S)N(n3c(C)ccc3C)C2=O)o1. The van der Waals surface area contributed by atoms with Gasteiger partial charge in [0.05, 0.1) is 10.5 Å². The van der Waals surface area contributed by atoms with E-state index in [2.05, 4.69) is 0 Å². The van der Waals surface area contributed by atoms with Gasteiger partial charge in [-0.15, -0.1) is 0 Å². The van der Waals surface area contributed by atoms with E-state index in [1.165, 1.54) is 16.8 Å². The molecule has 30 heavy (non-hydrogen) atoms. The summed E-state index contributed by atoms with van der Waals surface area (Å²) in [6, 6.07) is 12.4. The molecule has 0 atom stereocenters. The van der Waals surface area contributed by atoms with Crippen LogP contribution in [0.5, 0.6) is 0 Å². The number of thioether (sulfide) groups is 1. The molecule has 1 N–H and O–H groups in total. The molecule has 1 aromatic carbocycles. The predicted molar refractivity (Wildman–Crippen MR) is 121 cm³/mol. The van der Waals surface area contributed by atoms with Gasteiger partial charge in [0.15, 0.2) is 4.32 Å². The summed E-state index contributed by atoms with van der Waals surface area (Å²) in [7, 11) is 0. The van der Waals surface area contributed by atoms with Gasteiger partial charge in [-0.2, -0.15) is 5.01 Å². The van der Waals surface area contributed by atoms with Gasteiger partial charge in [0.2, 0.25) is 0 Å². The van der Waals surface area contributed by atoms with Gasteiger partial charge >= 0.3 is 5.97 Å². The number of nitrogens with zero attached hydrogens (tertiary/aromatic N) is 2. The van der Waals surface area contributed by atoms with Crippen molar-refractivity contribution in [2.75, 3.05) is 5.01 Å². The van der Waals surface area contributed by atoms with Crippen LogP contribution in [0.3, 0.4) is 0 Å². The first-order valence-corrected chi connectivity index (χ1v) is 10.4. The van der Waals surface area contributed by atoms with Gasteiger partial charge < -0.3 is 9.52 Å². The highest BCUT2D eigenvalue weighted by Crippen LogP contribution is 2.34. The predicted octanol–water partition coefficient (Wildman–Crippen LogP) is 4.91. The first-order chi connectivity index (χ1) is 14.3. The maximum atomic E-state index is 13.0. The maximum absolute atomic E-state index is 13.0. The average molecular weight is 439 g/mol. The minimum Gasteiger partial charge on any atom is -0.478 e. The molecule has 3 aromatic rings. The molecule has 6 nitrogen and oxygen atoms in total. The molecule has 1 aliphatic heterocycles. The van der Waals surface area contributed by atoms with Gasteiger partial charge in [-0.1, -0.05) is 23.9 Å². The number of carbonyl (C=O) groups is 2. The maximum Gasteiger partial charge on any atom is 0.335 e. The lowest BCUT2D eigenvalue weighted by Crippen LogP contribution is -2.39. The van der Waals surface area contributed by atoms with Crippen molar-refractivity contribution in [1.29, 1.82) is 0 Å². The monoisotopic (exact) mass is 438 g/mol. The van der Waals surface area contributed by atoms with Crippen molar-refractivity contribution in [2.45, 2.75) is 20.8 Å². The molecule has 8 heteroatoms. The van der Waals surface area contributed by atoms with E-state index < -0.39 is 5.97 Å². The van der Waals surface area contributed by atoms with Crippen molar-refractivity contribution in [3.8, 4) is 11.3 Å². The second-order valence-electron chi connectivity index (χ2n) is 6.91. The smallest absolute Gasteiger partial charge is 0.335 e. The van der Waals surface area contributed by atoms with Crippen molar-refractivity contribution >= 4 is 46.3 Å². The number of thiocarbonyl (C=S) groups is 1. The number of carbonyl (C=O) groups excluding carboxylic acids is 1. The second kappa shape index (κ2) is 7.62. The molecule has 0 unspecified atom stereocenters. The van der Waals surface area contributed by atoms with E-state index in [0.717, 1.165) is 11.4 Å². The minimum absolute atomic E-state index is 0.214. The Morgan fingerprint density at radius 2 is 1.80 bits per heavy atom. The van der Waals surface area contributed by atoms with Gasteiger partial charge in [0.25, 0.3) is 5.91 Å². The molecule has 3 heterocycles. The van der Waals surface area contributed by atoms with Gasteiger partial charge in [0.1, 0.15) is 11.5 Å². The van der Waals surface area contributed by atoms with Crippen LogP contribution in [0.25, 0.3) is 17.4 Å². The average Bonchev–Trinajstić information content (AvgIpc) is 3.36. The van der Waals surface area contributed by atoms with Gasteiger partial charge in [0, 0.05) is 23.0 Å². The fourth-order valence-corrected chi connectivity index (χ4v) is 4.67. The number of carboxylic acid groups (broad SMARTS) is 1. The topological polar surface area (TPSA) is 75.7 Å². The number of rotatable bonds is 4. The Morgan fingerprint density at radius 1 is 1.10 bits per heavy atom. The van der Waals surface area contributed by atoms with Crippen LogP contribution in [-0.4, -0.2) is 26.0 Å². The van der Waals surface area contributed by atoms with Crippen LogP contribution in [0.15, 0.2) is 51.8 Å². The summed E-state index contributed by atoms with van der Waals surface area (Å²) < 4.78 is 8.15. The molecule has 1 aliphatic rings. The van der Waals surface area contributed by atoms with Crippen molar-refractivity contribution in [3.63, 3.8) is 0 Å². The highest BCUT2D eigenvalue weighted by molar-refractivity contribution is 8.27. The number of aromatic carboxylic acids is 1. The van der Waals surface area contributed by atoms with Gasteiger partial charge in [-0.3, -0.25) is 9.47 Å². The van der Waals surface area contributed by atoms with E-state index in [-0.39, 0.29) is 11.5 Å². The van der Waals surface area contributed by atoms with Crippen molar-refractivity contribution in [2.24, 2.45) is 0 Å². The zero-order chi connectivity index (χ0) is 21.6. The Hall–Kier alpha value is -3.10. The van der Waals surface area contributed by atoms with Crippen LogP contribution in [0.2, 0.25) is 0 Å². The third-order valence-electron chi connectivity index (χ3n) is 4.94. The highest BCUT2D eigenvalue weighted by atomic mass is 32.2. The van der Waals surface area contributed by atoms with Crippen LogP contribution in [0.4, 0.5) is 0 Å². The van der Waals surface area contributed by atoms with E-state index in [0.29, 0.717) is 31.9 Å². The van der Waals surface area contributed by atoms with Crippen molar-refractivity contribution in [3.05, 3.63) is 75.6 Å². The molecule has 0 saturated carbocycles. The third kappa shape index (κ3) is 3.38. The number of hydrogen-bond donors (Lipinski definition) is 1. The van der Waals surface area contributed by atoms with Gasteiger partial charge in [-0.25, -0.2) is 4.79 Å². The Bertz CT molecular complexity index is 1220. The standard InChI is InChI=1S/C22H18N2O4S2/c1-12-7-8-13(2)23(12)24-20(25)19(30-22(24)29)11-15-9-10-18(28-15)16-5-4-6-17(14(16)3)21(26)27/h4-11H,1-3H3,(H,26,27). The number of benzene rings is 1. The molecule has 0 spiro atoms. The van der Waals surface area contributed by atoms with E-state index in [1.54, 1.807) is 41.9 Å². The van der Waals surface area contributed by atoms with Crippen molar-refractivity contribution < 1.29 is 19.1 Å². The number of aryl methyl sites for hydroxylation is 2. The Balaban J connectivity index is 1.66. The quantitative estimate of drug-likeness (QED) is 0.461. The molecular formula is C22H18N2O4S2. The summed E-state index contributed by atoms with van der Waals surface area (Å²) in [5, 5.41) is 10.8. The molecule has 1 fully saturated rings. The molecule has 1 saturated heterocycles. The first-order valence-electron chi connectivity index (χ1n) is 9.14. The molecule has 2 aromatic heterocycles. The zero-order valence-electron chi connectivity index (χ0n) is 16.5. The summed E-state index contributed by atoms with van der Waals surface area (Å²) in [4.78, 5) is 24.8. The van der Waals surface area contributed by atoms with Crippen LogP contribution >= 0.6 is 24.0 Å². The summed E-state index contributed by atoms with van der Waals surface area (Å²) >= 11 is 6.65. The third-order valence-corrected chi connectivity index (χ3v) is 6.22. The van der Waals surface area contributed by atoms with Crippen LogP contribution in [0.1, 0.15) is 33.1 Å². The van der Waals surface area contributed by atoms with Crippen molar-refractivity contribution in [1.82, 2.24) is 4.68 Å². The number of aromatic nitrogens is 1. The normalized spacial score (nSPS) is 15.4. The number of hydrogen-bond acceptors (Lipinski definition) is 5. The Morgan fingerprint density at radius 3 is 2.47 bits per heavy atom. The highest BCUT2D eigenvalue weighted by Gasteiger charge is 2.35. The molecule has 4 rings (SSSR count). The molecular weight excluding hydrogens is 420 g/mol. The van der Waals surface area contributed by atoms with Gasteiger partial charge in [-0.05, 0) is 68.9 Å². The summed E-state index contributed by atoms with van der Waals surface area (Å²) in [6.07, 6.45) is 1.66. The molecule has 0 bridgehead atoms. The Kier molecular flexibility index (Phi) is 5.13. The molecule has 1 amide bonds. The Labute approximate surface area is 182 Å². The lowest BCUT2D eigenvalue weighted by Gasteiger charge is -2.20. The van der Waals surface area contributed by atoms with Crippen LogP contribution in [0, 0.1) is 20.8 Å². The summed E-state index contributed by atoms with van der Waals surface area (Å²) in [5.41, 5.74) is 3.37. The minimum atomic E-state index is -0.986. The largest absolute Gasteiger partial charge is 0.478 e. The van der Waals surface area contributed by atoms with E-state index in [9.17, 15) is 14.7 Å². The van der Waals surface area contributed by atoms with E-state index in [4.69, 9.17) is 16.6 Å². The summed E-state index contributed by atoms with van der Waals surface area (Å²) in [6.45, 7) is 5.58. The zero-order valence-corrected chi connectivity index (χ0v) is 18.1. The molecule has 0 radical (unpaired) electrons. The molecule has 0 aliphatic carbocycles. The van der Waals surface area contributed by atoms with Crippen LogP contribution in [-0.2, 0) is 4.79 Å². The lowest BCUT2D eigenvalue weighted by atomic mass is 10.0. The fraction of sp³-hybridized carbons (Fsp3) is 0.136. The lowest BCUT2D eigenvalue weighted by molar-refractivity contribution is -0.114.